The molecule has 2 aromatic rings. The van der Waals surface area contributed by atoms with Crippen molar-refractivity contribution in [2.75, 3.05) is 11.4 Å². The van der Waals surface area contributed by atoms with Crippen LogP contribution in [-0.2, 0) is 18.4 Å². The van der Waals surface area contributed by atoms with Gasteiger partial charge in [0.05, 0.1) is 18.6 Å². The summed E-state index contributed by atoms with van der Waals surface area (Å²) in [5.41, 5.74) is 1.000. The zero-order valence-corrected chi connectivity index (χ0v) is 13.8. The Morgan fingerprint density at radius 3 is 2.35 bits per heavy atom. The number of hydrogen-bond acceptors (Lipinski definition) is 6. The van der Waals surface area contributed by atoms with E-state index in [9.17, 15) is 18.0 Å². The van der Waals surface area contributed by atoms with Gasteiger partial charge < -0.3 is 19.7 Å². The molecule has 0 bridgehead atoms. The van der Waals surface area contributed by atoms with Crippen LogP contribution in [0.15, 0.2) is 24.8 Å². The van der Waals surface area contributed by atoms with Gasteiger partial charge in [-0.1, -0.05) is 0 Å². The van der Waals surface area contributed by atoms with E-state index in [0.29, 0.717) is 19.0 Å². The van der Waals surface area contributed by atoms with Crippen LogP contribution in [0, 0.1) is 0 Å². The van der Waals surface area contributed by atoms with E-state index >= 15 is 0 Å². The zero-order valence-electron chi connectivity index (χ0n) is 13.8. The lowest BCUT2D eigenvalue weighted by molar-refractivity contribution is -0.192. The van der Waals surface area contributed by atoms with Crippen LogP contribution >= 0.6 is 0 Å². The van der Waals surface area contributed by atoms with Gasteiger partial charge in [-0.15, -0.1) is 0 Å². The molecular weight excluding hydrogens is 359 g/mol. The average Bonchev–Trinajstić information content (AvgIpc) is 2.97. The van der Waals surface area contributed by atoms with Crippen LogP contribution in [0.5, 0.6) is 0 Å². The van der Waals surface area contributed by atoms with Crippen molar-refractivity contribution in [2.45, 2.75) is 19.6 Å². The molecule has 2 rings (SSSR count). The zero-order chi connectivity index (χ0) is 19.9. The van der Waals surface area contributed by atoms with Gasteiger partial charge in [0.15, 0.2) is 5.69 Å². The Morgan fingerprint density at radius 1 is 1.31 bits per heavy atom. The smallest absolute Gasteiger partial charge is 0.477 e. The number of carboxylic acids is 2. The lowest BCUT2D eigenvalue weighted by atomic mass is 10.4. The second-order valence-corrected chi connectivity index (χ2v) is 4.86. The molecule has 0 aliphatic rings. The van der Waals surface area contributed by atoms with Crippen molar-refractivity contribution in [3.63, 3.8) is 0 Å². The summed E-state index contributed by atoms with van der Waals surface area (Å²) in [4.78, 5) is 33.9. The molecule has 12 heteroatoms. The summed E-state index contributed by atoms with van der Waals surface area (Å²) in [6.07, 6.45) is -0.140. The molecule has 2 aromatic heterocycles. The number of hydrogen-bond donors (Lipinski definition) is 2. The third kappa shape index (κ3) is 6.03. The van der Waals surface area contributed by atoms with Gasteiger partial charge in [0.1, 0.15) is 0 Å². The fourth-order valence-electron chi connectivity index (χ4n) is 1.68. The summed E-state index contributed by atoms with van der Waals surface area (Å²) in [6, 6.07) is 1.38. The van der Waals surface area contributed by atoms with E-state index in [-0.39, 0.29) is 5.69 Å². The van der Waals surface area contributed by atoms with Crippen molar-refractivity contribution < 1.29 is 33.0 Å². The Bertz CT molecular complexity index is 763. The maximum Gasteiger partial charge on any atom is 0.490 e. The largest absolute Gasteiger partial charge is 0.490 e. The first kappa shape index (κ1) is 20.9. The van der Waals surface area contributed by atoms with Crippen LogP contribution in [0.2, 0.25) is 0 Å². The van der Waals surface area contributed by atoms with Crippen LogP contribution in [-0.4, -0.2) is 54.4 Å². The second-order valence-electron chi connectivity index (χ2n) is 4.86. The van der Waals surface area contributed by atoms with Crippen LogP contribution in [0.4, 0.5) is 19.1 Å². The predicted octanol–water partition coefficient (Wildman–Crippen LogP) is 1.57. The minimum atomic E-state index is -5.08. The standard InChI is InChI=1S/C12H15N5O2.C2HF3O2/c1-3-17(7-9-6-13-8-16(9)2)12-14-5-4-10(15-12)11(18)19;3-2(4,5)1(6)7/h4-6,8H,3,7H2,1-2H3,(H,18,19);(H,6,7). The number of nitrogens with zero attached hydrogens (tertiary/aromatic N) is 5. The van der Waals surface area contributed by atoms with E-state index in [1.165, 1.54) is 12.3 Å². The van der Waals surface area contributed by atoms with E-state index in [1.807, 2.05) is 23.4 Å². The number of aromatic nitrogens is 4. The number of anilines is 1. The molecular formula is C14H16F3N5O4. The second kappa shape index (κ2) is 8.78. The molecule has 142 valence electrons. The Morgan fingerprint density at radius 2 is 1.92 bits per heavy atom. The van der Waals surface area contributed by atoms with Crippen molar-refractivity contribution in [1.29, 1.82) is 0 Å². The predicted molar refractivity (Wildman–Crippen MR) is 82.6 cm³/mol. The van der Waals surface area contributed by atoms with Crippen molar-refractivity contribution in [3.8, 4) is 0 Å². The molecule has 9 nitrogen and oxygen atoms in total. The quantitative estimate of drug-likeness (QED) is 0.808. The van der Waals surface area contributed by atoms with E-state index in [4.69, 9.17) is 15.0 Å². The molecule has 0 aliphatic heterocycles. The minimum Gasteiger partial charge on any atom is -0.477 e. The molecule has 0 aromatic carbocycles. The molecule has 0 fully saturated rings. The highest BCUT2D eigenvalue weighted by atomic mass is 19.4. The van der Waals surface area contributed by atoms with Crippen molar-refractivity contribution in [3.05, 3.63) is 36.2 Å². The number of aromatic carboxylic acids is 1. The summed E-state index contributed by atoms with van der Waals surface area (Å²) < 4.78 is 33.6. The van der Waals surface area contributed by atoms with Gasteiger partial charge in [0, 0.05) is 26.0 Å². The first-order valence-corrected chi connectivity index (χ1v) is 7.12. The number of rotatable bonds is 5. The normalized spacial score (nSPS) is 10.7. The number of carboxylic acid groups (broad SMARTS) is 2. The van der Waals surface area contributed by atoms with Crippen LogP contribution in [0.3, 0.4) is 0 Å². The van der Waals surface area contributed by atoms with E-state index < -0.39 is 18.1 Å². The molecule has 0 aliphatic carbocycles. The Labute approximate surface area is 145 Å². The number of halogens is 3. The monoisotopic (exact) mass is 375 g/mol. The molecule has 2 heterocycles. The van der Waals surface area contributed by atoms with Crippen LogP contribution < -0.4 is 4.90 Å². The topological polar surface area (TPSA) is 121 Å². The Balaban J connectivity index is 0.000000412. The summed E-state index contributed by atoms with van der Waals surface area (Å²) in [7, 11) is 1.91. The highest BCUT2D eigenvalue weighted by Crippen LogP contribution is 2.13. The summed E-state index contributed by atoms with van der Waals surface area (Å²) in [6.45, 7) is 3.22. The summed E-state index contributed by atoms with van der Waals surface area (Å²) in [5.74, 6) is -3.41. The van der Waals surface area contributed by atoms with Crippen molar-refractivity contribution in [2.24, 2.45) is 7.05 Å². The molecule has 0 spiro atoms. The number of alkyl halides is 3. The fourth-order valence-corrected chi connectivity index (χ4v) is 1.68. The number of imidazole rings is 1. The lowest BCUT2D eigenvalue weighted by Gasteiger charge is -2.20. The number of aryl methyl sites for hydroxylation is 1. The van der Waals surface area contributed by atoms with E-state index in [2.05, 4.69) is 15.0 Å². The van der Waals surface area contributed by atoms with Gasteiger partial charge in [0.2, 0.25) is 5.95 Å². The van der Waals surface area contributed by atoms with Gasteiger partial charge in [-0.05, 0) is 13.0 Å². The highest BCUT2D eigenvalue weighted by molar-refractivity contribution is 5.85. The molecule has 0 saturated carbocycles. The minimum absolute atomic E-state index is 0.00606. The van der Waals surface area contributed by atoms with Crippen LogP contribution in [0.1, 0.15) is 23.1 Å². The first-order valence-electron chi connectivity index (χ1n) is 7.12. The molecule has 2 N–H and O–H groups in total. The Hall–Kier alpha value is -3.18. The van der Waals surface area contributed by atoms with E-state index in [0.717, 1.165) is 5.69 Å². The molecule has 0 saturated heterocycles. The number of carbonyl (C=O) groups is 2. The van der Waals surface area contributed by atoms with Gasteiger partial charge in [-0.3, -0.25) is 0 Å². The van der Waals surface area contributed by atoms with Crippen molar-refractivity contribution >= 4 is 17.9 Å². The molecule has 0 unspecified atom stereocenters. The van der Waals surface area contributed by atoms with Crippen molar-refractivity contribution in [1.82, 2.24) is 19.5 Å². The third-order valence-electron chi connectivity index (χ3n) is 3.04. The average molecular weight is 375 g/mol. The molecule has 0 amide bonds. The van der Waals surface area contributed by atoms with E-state index in [1.54, 1.807) is 12.5 Å². The maximum absolute atomic E-state index is 10.9. The Kier molecular flexibility index (Phi) is 7.05. The van der Waals surface area contributed by atoms with Gasteiger partial charge in [-0.25, -0.2) is 24.5 Å². The maximum atomic E-state index is 10.9. The molecule has 26 heavy (non-hydrogen) atoms. The molecule has 0 atom stereocenters. The summed E-state index contributed by atoms with van der Waals surface area (Å²) >= 11 is 0. The van der Waals surface area contributed by atoms with Gasteiger partial charge >= 0.3 is 18.1 Å². The van der Waals surface area contributed by atoms with Gasteiger partial charge in [-0.2, -0.15) is 13.2 Å². The lowest BCUT2D eigenvalue weighted by Crippen LogP contribution is -2.26. The van der Waals surface area contributed by atoms with Gasteiger partial charge in [0.25, 0.3) is 0 Å². The molecule has 0 radical (unpaired) electrons. The highest BCUT2D eigenvalue weighted by Gasteiger charge is 2.38. The third-order valence-corrected chi connectivity index (χ3v) is 3.04. The number of aliphatic carboxylic acids is 1. The fraction of sp³-hybridized carbons (Fsp3) is 0.357. The first-order chi connectivity index (χ1) is 12.1. The SMILES string of the molecule is CCN(Cc1cncn1C)c1nccc(C(=O)O)n1.O=C(O)C(F)(F)F. The van der Waals surface area contributed by atoms with Crippen LogP contribution in [0.25, 0.3) is 0 Å². The summed E-state index contributed by atoms with van der Waals surface area (Å²) in [5, 5.41) is 16.1.